The summed E-state index contributed by atoms with van der Waals surface area (Å²) in [7, 11) is 0. The van der Waals surface area contributed by atoms with Gasteiger partial charge in [0.05, 0.1) is 17.0 Å². The van der Waals surface area contributed by atoms with Crippen LogP contribution in [0.15, 0.2) is 34.9 Å². The Kier molecular flexibility index (Phi) is 5.86. The van der Waals surface area contributed by atoms with E-state index in [1.54, 1.807) is 6.26 Å². The maximum atomic E-state index is 6.28. The van der Waals surface area contributed by atoms with Gasteiger partial charge in [-0.15, -0.1) is 0 Å². The molecule has 0 unspecified atom stereocenters. The molecule has 0 fully saturated rings. The van der Waals surface area contributed by atoms with Crippen LogP contribution in [0.5, 0.6) is 0 Å². The van der Waals surface area contributed by atoms with Crippen molar-refractivity contribution in [1.29, 1.82) is 0 Å². The third-order valence-electron chi connectivity index (χ3n) is 3.45. The molecule has 1 heterocycles. The summed E-state index contributed by atoms with van der Waals surface area (Å²) in [4.78, 5) is 0. The summed E-state index contributed by atoms with van der Waals surface area (Å²) in [5.74, 6) is 0.991. The van der Waals surface area contributed by atoms with Gasteiger partial charge in [-0.3, -0.25) is 0 Å². The summed E-state index contributed by atoms with van der Waals surface area (Å²) >= 11 is 11.7. The number of rotatable bonds is 5. The Morgan fingerprint density at radius 2 is 2.14 bits per heavy atom. The fourth-order valence-corrected chi connectivity index (χ4v) is 3.00. The van der Waals surface area contributed by atoms with Crippen LogP contribution >= 0.6 is 23.8 Å². The van der Waals surface area contributed by atoms with E-state index < -0.39 is 0 Å². The Labute approximate surface area is 142 Å². The third-order valence-corrected chi connectivity index (χ3v) is 3.97. The van der Waals surface area contributed by atoms with Crippen LogP contribution in [0.2, 0.25) is 5.02 Å². The van der Waals surface area contributed by atoms with Crippen LogP contribution in [-0.4, -0.2) is 11.2 Å². The second kappa shape index (κ2) is 7.65. The number of anilines is 1. The van der Waals surface area contributed by atoms with E-state index in [0.29, 0.717) is 10.1 Å². The normalized spacial score (nSPS) is 12.0. The molecule has 0 saturated carbocycles. The van der Waals surface area contributed by atoms with Crippen LogP contribution in [0.25, 0.3) is 0 Å². The maximum absolute atomic E-state index is 6.28. The summed E-state index contributed by atoms with van der Waals surface area (Å²) in [6.07, 6.45) is 3.52. The smallest absolute Gasteiger partial charge is 0.171 e. The second-order valence-corrected chi connectivity index (χ2v) is 6.37. The predicted octanol–water partition coefficient (Wildman–Crippen LogP) is 4.86. The highest BCUT2D eigenvalue weighted by Crippen LogP contribution is 2.27. The number of thiocarbonyl (C=S) groups is 1. The van der Waals surface area contributed by atoms with Gasteiger partial charge < -0.3 is 15.1 Å². The van der Waals surface area contributed by atoms with Gasteiger partial charge in [0.1, 0.15) is 5.76 Å². The molecule has 1 aromatic carbocycles. The molecule has 2 N–H and O–H groups in total. The molecule has 1 atom stereocenters. The van der Waals surface area contributed by atoms with Crippen LogP contribution in [-0.2, 0) is 6.42 Å². The number of benzene rings is 1. The number of furan rings is 1. The minimum atomic E-state index is 0.245. The van der Waals surface area contributed by atoms with Gasteiger partial charge in [0.25, 0.3) is 0 Å². The zero-order valence-corrected chi connectivity index (χ0v) is 14.6. The average Bonchev–Trinajstić information content (AvgIpc) is 2.94. The van der Waals surface area contributed by atoms with E-state index in [1.807, 2.05) is 32.0 Å². The predicted molar refractivity (Wildman–Crippen MR) is 96.8 cm³/mol. The van der Waals surface area contributed by atoms with Crippen LogP contribution in [0.3, 0.4) is 0 Å². The standard InChI is InChI=1S/C17H21ClN2OS/c1-11-9-12(2)16(15(18)10-11)20-17(22)19-13(3)6-7-14-5-4-8-21-14/h4-5,8-10,13H,6-7H2,1-3H3,(H2,19,20,22)/t13-/m0/s1. The van der Waals surface area contributed by atoms with E-state index in [0.717, 1.165) is 35.4 Å². The minimum absolute atomic E-state index is 0.245. The highest BCUT2D eigenvalue weighted by molar-refractivity contribution is 7.80. The van der Waals surface area contributed by atoms with Crippen molar-refractivity contribution < 1.29 is 4.42 Å². The minimum Gasteiger partial charge on any atom is -0.469 e. The fourth-order valence-electron chi connectivity index (χ4n) is 2.33. The monoisotopic (exact) mass is 336 g/mol. The first-order valence-corrected chi connectivity index (χ1v) is 8.11. The van der Waals surface area contributed by atoms with Crippen LogP contribution < -0.4 is 10.6 Å². The van der Waals surface area contributed by atoms with Gasteiger partial charge in [0.2, 0.25) is 0 Å². The Hall–Kier alpha value is -1.52. The van der Waals surface area contributed by atoms with Crippen molar-refractivity contribution >= 4 is 34.6 Å². The Balaban J connectivity index is 1.87. The second-order valence-electron chi connectivity index (χ2n) is 5.56. The molecule has 2 aromatic rings. The molecule has 3 nitrogen and oxygen atoms in total. The van der Waals surface area contributed by atoms with Crippen molar-refractivity contribution in [2.24, 2.45) is 0 Å². The molecule has 5 heteroatoms. The maximum Gasteiger partial charge on any atom is 0.171 e. The SMILES string of the molecule is Cc1cc(C)c(NC(=S)N[C@@H](C)CCc2ccco2)c(Cl)c1. The van der Waals surface area contributed by atoms with Crippen molar-refractivity contribution in [1.82, 2.24) is 5.32 Å². The van der Waals surface area contributed by atoms with Gasteiger partial charge in [-0.1, -0.05) is 17.7 Å². The van der Waals surface area contributed by atoms with Gasteiger partial charge >= 0.3 is 0 Å². The third kappa shape index (κ3) is 4.75. The molecule has 0 amide bonds. The lowest BCUT2D eigenvalue weighted by molar-refractivity contribution is 0.483. The number of hydrogen-bond acceptors (Lipinski definition) is 2. The molecule has 0 aliphatic carbocycles. The van der Waals surface area contributed by atoms with E-state index in [9.17, 15) is 0 Å². The molecule has 0 spiro atoms. The van der Waals surface area contributed by atoms with Crippen LogP contribution in [0, 0.1) is 13.8 Å². The van der Waals surface area contributed by atoms with Gasteiger partial charge in [0.15, 0.2) is 5.11 Å². The average molecular weight is 337 g/mol. The topological polar surface area (TPSA) is 37.2 Å². The van der Waals surface area contributed by atoms with Crippen molar-refractivity contribution in [3.05, 3.63) is 52.4 Å². The first kappa shape index (κ1) is 16.8. The van der Waals surface area contributed by atoms with E-state index >= 15 is 0 Å². The Morgan fingerprint density at radius 3 is 2.77 bits per heavy atom. The Morgan fingerprint density at radius 1 is 1.36 bits per heavy atom. The lowest BCUT2D eigenvalue weighted by Gasteiger charge is -2.18. The molecular formula is C17H21ClN2OS. The summed E-state index contributed by atoms with van der Waals surface area (Å²) in [6, 6.07) is 8.15. The van der Waals surface area contributed by atoms with Crippen molar-refractivity contribution in [2.45, 2.75) is 39.7 Å². The van der Waals surface area contributed by atoms with Gasteiger partial charge in [-0.25, -0.2) is 0 Å². The van der Waals surface area contributed by atoms with E-state index in [4.69, 9.17) is 28.2 Å². The molecule has 0 bridgehead atoms. The molecule has 0 aliphatic rings. The molecule has 2 rings (SSSR count). The van der Waals surface area contributed by atoms with E-state index in [2.05, 4.69) is 23.6 Å². The van der Waals surface area contributed by atoms with Gasteiger partial charge in [0, 0.05) is 12.5 Å². The highest BCUT2D eigenvalue weighted by Gasteiger charge is 2.10. The fraction of sp³-hybridized carbons (Fsp3) is 0.353. The summed E-state index contributed by atoms with van der Waals surface area (Å²) in [6.45, 7) is 6.14. The molecular weight excluding hydrogens is 316 g/mol. The lowest BCUT2D eigenvalue weighted by atomic mass is 10.1. The van der Waals surface area contributed by atoms with Crippen molar-refractivity contribution in [3.63, 3.8) is 0 Å². The molecule has 0 radical (unpaired) electrons. The van der Waals surface area contributed by atoms with E-state index in [1.165, 1.54) is 0 Å². The summed E-state index contributed by atoms with van der Waals surface area (Å²) in [5.41, 5.74) is 3.08. The summed E-state index contributed by atoms with van der Waals surface area (Å²) in [5, 5.41) is 7.74. The molecule has 22 heavy (non-hydrogen) atoms. The van der Waals surface area contributed by atoms with E-state index in [-0.39, 0.29) is 6.04 Å². The lowest BCUT2D eigenvalue weighted by Crippen LogP contribution is -2.36. The first-order valence-electron chi connectivity index (χ1n) is 7.32. The van der Waals surface area contributed by atoms with Gasteiger partial charge in [-0.05, 0) is 68.7 Å². The number of hydrogen-bond donors (Lipinski definition) is 2. The number of aryl methyl sites for hydroxylation is 3. The molecule has 1 aromatic heterocycles. The molecule has 0 saturated heterocycles. The summed E-state index contributed by atoms with van der Waals surface area (Å²) < 4.78 is 5.33. The van der Waals surface area contributed by atoms with Crippen LogP contribution in [0.1, 0.15) is 30.2 Å². The quantitative estimate of drug-likeness (QED) is 0.765. The molecule has 0 aliphatic heterocycles. The van der Waals surface area contributed by atoms with Crippen LogP contribution in [0.4, 0.5) is 5.69 Å². The number of halogens is 1. The first-order chi connectivity index (χ1) is 10.5. The zero-order valence-electron chi connectivity index (χ0n) is 13.1. The van der Waals surface area contributed by atoms with Gasteiger partial charge in [-0.2, -0.15) is 0 Å². The number of nitrogens with one attached hydrogen (secondary N) is 2. The van der Waals surface area contributed by atoms with Crippen molar-refractivity contribution in [2.75, 3.05) is 5.32 Å². The molecule has 118 valence electrons. The largest absolute Gasteiger partial charge is 0.469 e. The highest BCUT2D eigenvalue weighted by atomic mass is 35.5. The van der Waals surface area contributed by atoms with Crippen molar-refractivity contribution in [3.8, 4) is 0 Å². The Bertz CT molecular complexity index is 617. The zero-order chi connectivity index (χ0) is 16.1.